The summed E-state index contributed by atoms with van der Waals surface area (Å²) in [5, 5.41) is 2.73. The molecule has 1 aliphatic heterocycles. The van der Waals surface area contributed by atoms with E-state index in [1.54, 1.807) is 12.1 Å². The van der Waals surface area contributed by atoms with E-state index in [2.05, 4.69) is 5.32 Å². The Balaban J connectivity index is 2.10. The van der Waals surface area contributed by atoms with Gasteiger partial charge in [-0.25, -0.2) is 8.42 Å². The van der Waals surface area contributed by atoms with E-state index < -0.39 is 16.1 Å². The number of halogens is 1. The van der Waals surface area contributed by atoms with Crippen molar-refractivity contribution in [2.75, 3.05) is 7.05 Å². The minimum absolute atomic E-state index is 0.0213. The van der Waals surface area contributed by atoms with Crippen molar-refractivity contribution in [1.29, 1.82) is 0 Å². The molecule has 0 fully saturated rings. The van der Waals surface area contributed by atoms with Gasteiger partial charge in [-0.1, -0.05) is 41.9 Å². The third-order valence-electron chi connectivity index (χ3n) is 4.43. The normalized spacial score (nSPS) is 17.8. The average molecular weight is 379 g/mol. The van der Waals surface area contributed by atoms with Gasteiger partial charge in [-0.15, -0.1) is 0 Å². The predicted octanol–water partition coefficient (Wildman–Crippen LogP) is 2.51. The average Bonchev–Trinajstić information content (AvgIpc) is 2.59. The number of aryl methyl sites for hydroxylation is 1. The fourth-order valence-electron chi connectivity index (χ4n) is 3.08. The quantitative estimate of drug-likeness (QED) is 0.892. The first-order chi connectivity index (χ1) is 11.8. The zero-order valence-corrected chi connectivity index (χ0v) is 15.6. The molecule has 3 rings (SSSR count). The summed E-state index contributed by atoms with van der Waals surface area (Å²) in [5.74, 6) is -0.332. The van der Waals surface area contributed by atoms with E-state index in [0.717, 1.165) is 16.7 Å². The number of amides is 1. The number of hydrogen-bond donors (Lipinski definition) is 1. The zero-order chi connectivity index (χ0) is 18.2. The molecule has 25 heavy (non-hydrogen) atoms. The second kappa shape index (κ2) is 6.78. The Bertz CT molecular complexity index is 928. The molecule has 0 radical (unpaired) electrons. The molecule has 0 bridgehead atoms. The Hall–Kier alpha value is -1.89. The highest BCUT2D eigenvalue weighted by Gasteiger charge is 2.39. The van der Waals surface area contributed by atoms with Crippen LogP contribution in [0.4, 0.5) is 0 Å². The number of nitrogens with one attached hydrogen (secondary N) is 1. The lowest BCUT2D eigenvalue weighted by atomic mass is 9.95. The molecule has 0 saturated carbocycles. The Morgan fingerprint density at radius 3 is 2.52 bits per heavy atom. The van der Waals surface area contributed by atoms with Crippen molar-refractivity contribution in [3.8, 4) is 0 Å². The number of fused-ring (bicyclic) bond motifs is 1. The number of carbonyl (C=O) groups is 1. The van der Waals surface area contributed by atoms with Crippen molar-refractivity contribution in [1.82, 2.24) is 9.62 Å². The first-order valence-corrected chi connectivity index (χ1v) is 9.73. The van der Waals surface area contributed by atoms with Crippen molar-refractivity contribution in [3.05, 3.63) is 64.2 Å². The molecule has 0 unspecified atom stereocenters. The van der Waals surface area contributed by atoms with Crippen LogP contribution in [0.1, 0.15) is 16.7 Å². The molecule has 0 saturated heterocycles. The number of sulfonamides is 1. The highest BCUT2D eigenvalue weighted by Crippen LogP contribution is 2.32. The van der Waals surface area contributed by atoms with Gasteiger partial charge in [0.2, 0.25) is 15.9 Å². The Labute approximate surface area is 152 Å². The summed E-state index contributed by atoms with van der Waals surface area (Å²) in [4.78, 5) is 12.4. The van der Waals surface area contributed by atoms with Crippen LogP contribution in [0.15, 0.2) is 47.4 Å². The molecule has 1 heterocycles. The predicted molar refractivity (Wildman–Crippen MR) is 96.9 cm³/mol. The number of benzene rings is 2. The molecule has 2 aromatic carbocycles. The van der Waals surface area contributed by atoms with Gasteiger partial charge in [0.1, 0.15) is 10.9 Å². The molecular formula is C18H19ClN2O3S. The minimum Gasteiger partial charge on any atom is -0.358 e. The van der Waals surface area contributed by atoms with Gasteiger partial charge in [-0.05, 0) is 42.2 Å². The lowest BCUT2D eigenvalue weighted by Gasteiger charge is -2.35. The zero-order valence-electron chi connectivity index (χ0n) is 14.0. The van der Waals surface area contributed by atoms with Crippen molar-refractivity contribution in [3.63, 3.8) is 0 Å². The van der Waals surface area contributed by atoms with Crippen LogP contribution in [0.2, 0.25) is 5.02 Å². The maximum absolute atomic E-state index is 13.2. The summed E-state index contributed by atoms with van der Waals surface area (Å²) in [6.45, 7) is 1.98. The van der Waals surface area contributed by atoms with Gasteiger partial charge in [0.05, 0.1) is 5.02 Å². The highest BCUT2D eigenvalue weighted by molar-refractivity contribution is 7.89. The lowest BCUT2D eigenvalue weighted by Crippen LogP contribution is -2.51. The summed E-state index contributed by atoms with van der Waals surface area (Å²) >= 11 is 6.19. The molecule has 7 heteroatoms. The molecular weight excluding hydrogens is 360 g/mol. The van der Waals surface area contributed by atoms with E-state index in [1.165, 1.54) is 17.4 Å². The number of rotatable bonds is 3. The Morgan fingerprint density at radius 2 is 1.88 bits per heavy atom. The summed E-state index contributed by atoms with van der Waals surface area (Å²) in [5.41, 5.74) is 2.75. The van der Waals surface area contributed by atoms with Crippen LogP contribution in [-0.2, 0) is 27.8 Å². The standard InChI is InChI=1S/C18H19ClN2O3S/c1-12-7-8-17(15(19)9-12)25(23,24)21-11-14-6-4-3-5-13(14)10-16(21)18(22)20-2/h3-9,16H,10-11H2,1-2H3,(H,20,22)/t16-/m1/s1. The number of likely N-dealkylation sites (N-methyl/N-ethyl adjacent to an activating group) is 1. The Morgan fingerprint density at radius 1 is 1.20 bits per heavy atom. The van der Waals surface area contributed by atoms with Gasteiger partial charge in [-0.2, -0.15) is 4.31 Å². The van der Waals surface area contributed by atoms with E-state index in [4.69, 9.17) is 11.6 Å². The molecule has 1 aliphatic rings. The van der Waals surface area contributed by atoms with Crippen molar-refractivity contribution in [2.45, 2.75) is 30.8 Å². The molecule has 1 amide bonds. The summed E-state index contributed by atoms with van der Waals surface area (Å²) in [6.07, 6.45) is 0.332. The van der Waals surface area contributed by atoms with Crippen LogP contribution in [-0.4, -0.2) is 31.7 Å². The van der Waals surface area contributed by atoms with Crippen LogP contribution in [0, 0.1) is 6.92 Å². The van der Waals surface area contributed by atoms with E-state index in [-0.39, 0.29) is 22.4 Å². The third kappa shape index (κ3) is 3.29. The van der Waals surface area contributed by atoms with Crippen LogP contribution in [0.25, 0.3) is 0 Å². The number of carbonyl (C=O) groups excluding carboxylic acids is 1. The minimum atomic E-state index is -3.92. The van der Waals surface area contributed by atoms with Crippen molar-refractivity contribution >= 4 is 27.5 Å². The maximum atomic E-state index is 13.2. The van der Waals surface area contributed by atoms with E-state index in [9.17, 15) is 13.2 Å². The van der Waals surface area contributed by atoms with Crippen LogP contribution in [0.5, 0.6) is 0 Å². The van der Waals surface area contributed by atoms with Crippen molar-refractivity contribution < 1.29 is 13.2 Å². The molecule has 0 spiro atoms. The lowest BCUT2D eigenvalue weighted by molar-refractivity contribution is -0.124. The first-order valence-electron chi connectivity index (χ1n) is 7.91. The monoisotopic (exact) mass is 378 g/mol. The van der Waals surface area contributed by atoms with Crippen LogP contribution in [0.3, 0.4) is 0 Å². The molecule has 132 valence electrons. The van der Waals surface area contributed by atoms with Crippen molar-refractivity contribution in [2.24, 2.45) is 0 Å². The van der Waals surface area contributed by atoms with E-state index >= 15 is 0 Å². The third-order valence-corrected chi connectivity index (χ3v) is 6.77. The Kier molecular flexibility index (Phi) is 4.86. The number of hydrogen-bond acceptors (Lipinski definition) is 3. The molecule has 5 nitrogen and oxygen atoms in total. The topological polar surface area (TPSA) is 66.5 Å². The molecule has 0 aliphatic carbocycles. The van der Waals surface area contributed by atoms with Gasteiger partial charge in [0.15, 0.2) is 0 Å². The van der Waals surface area contributed by atoms with Gasteiger partial charge < -0.3 is 5.32 Å². The molecule has 1 atom stereocenters. The molecule has 1 N–H and O–H groups in total. The van der Waals surface area contributed by atoms with Crippen LogP contribution < -0.4 is 5.32 Å². The molecule has 0 aromatic heterocycles. The summed E-state index contributed by atoms with van der Waals surface area (Å²) in [7, 11) is -2.41. The van der Waals surface area contributed by atoms with E-state index in [1.807, 2.05) is 31.2 Å². The van der Waals surface area contributed by atoms with Gasteiger partial charge >= 0.3 is 0 Å². The molecule has 2 aromatic rings. The fourth-order valence-corrected chi connectivity index (χ4v) is 5.22. The fraction of sp³-hybridized carbons (Fsp3) is 0.278. The highest BCUT2D eigenvalue weighted by atomic mass is 35.5. The van der Waals surface area contributed by atoms with Gasteiger partial charge in [-0.3, -0.25) is 4.79 Å². The first kappa shape index (κ1) is 17.9. The number of nitrogens with zero attached hydrogens (tertiary/aromatic N) is 1. The second-order valence-electron chi connectivity index (χ2n) is 6.09. The SMILES string of the molecule is CNC(=O)[C@H]1Cc2ccccc2CN1S(=O)(=O)c1ccc(C)cc1Cl. The van der Waals surface area contributed by atoms with Gasteiger partial charge in [0.25, 0.3) is 0 Å². The van der Waals surface area contributed by atoms with E-state index in [0.29, 0.717) is 6.42 Å². The maximum Gasteiger partial charge on any atom is 0.245 e. The second-order valence-corrected chi connectivity index (χ2v) is 8.35. The summed E-state index contributed by atoms with van der Waals surface area (Å²) in [6, 6.07) is 11.6. The largest absolute Gasteiger partial charge is 0.358 e. The smallest absolute Gasteiger partial charge is 0.245 e. The summed E-state index contributed by atoms with van der Waals surface area (Å²) < 4.78 is 27.7. The van der Waals surface area contributed by atoms with Gasteiger partial charge in [0, 0.05) is 13.6 Å². The van der Waals surface area contributed by atoms with Crippen LogP contribution >= 0.6 is 11.6 Å².